The van der Waals surface area contributed by atoms with Crippen LogP contribution in [-0.2, 0) is 9.53 Å². The minimum absolute atomic E-state index is 0.126. The van der Waals surface area contributed by atoms with Crippen LogP contribution in [0.1, 0.15) is 58.8 Å². The molecule has 2 fully saturated rings. The lowest BCUT2D eigenvalue weighted by Crippen LogP contribution is -2.53. The molecule has 0 aromatic heterocycles. The average molecular weight is 268 g/mol. The summed E-state index contributed by atoms with van der Waals surface area (Å²) in [6, 6.07) is 0.238. The first-order valence-corrected chi connectivity index (χ1v) is 7.62. The summed E-state index contributed by atoms with van der Waals surface area (Å²) in [7, 11) is 0. The van der Waals surface area contributed by atoms with E-state index in [1.54, 1.807) is 0 Å². The third-order valence-electron chi connectivity index (χ3n) is 4.72. The zero-order chi connectivity index (χ0) is 13.9. The maximum absolute atomic E-state index is 12.6. The van der Waals surface area contributed by atoms with Gasteiger partial charge in [-0.15, -0.1) is 0 Å². The van der Waals surface area contributed by atoms with Crippen LogP contribution < -0.4 is 11.1 Å². The summed E-state index contributed by atoms with van der Waals surface area (Å²) < 4.78 is 5.70. The Morgan fingerprint density at radius 1 is 1.32 bits per heavy atom. The van der Waals surface area contributed by atoms with Gasteiger partial charge in [-0.2, -0.15) is 0 Å². The summed E-state index contributed by atoms with van der Waals surface area (Å²) in [6.07, 6.45) is 7.19. The molecule has 0 bridgehead atoms. The molecule has 1 unspecified atom stereocenters. The lowest BCUT2D eigenvalue weighted by Gasteiger charge is -2.39. The van der Waals surface area contributed by atoms with Gasteiger partial charge in [-0.05, 0) is 39.5 Å². The number of carbonyl (C=O) groups excluding carboxylic acids is 1. The second kappa shape index (κ2) is 5.80. The fraction of sp³-hybridized carbons (Fsp3) is 0.933. The van der Waals surface area contributed by atoms with Crippen LogP contribution in [0.25, 0.3) is 0 Å². The quantitative estimate of drug-likeness (QED) is 0.822. The first kappa shape index (κ1) is 14.8. The van der Waals surface area contributed by atoms with Crippen LogP contribution in [0.4, 0.5) is 0 Å². The molecule has 3 N–H and O–H groups in total. The molecule has 0 spiro atoms. The van der Waals surface area contributed by atoms with Gasteiger partial charge in [0.2, 0.25) is 5.91 Å². The van der Waals surface area contributed by atoms with Gasteiger partial charge in [-0.3, -0.25) is 4.79 Å². The van der Waals surface area contributed by atoms with Crippen LogP contribution in [0.3, 0.4) is 0 Å². The van der Waals surface area contributed by atoms with Crippen molar-refractivity contribution in [3.05, 3.63) is 0 Å². The Balaban J connectivity index is 1.95. The fourth-order valence-electron chi connectivity index (χ4n) is 3.45. The van der Waals surface area contributed by atoms with Crippen molar-refractivity contribution in [3.63, 3.8) is 0 Å². The Morgan fingerprint density at radius 3 is 2.58 bits per heavy atom. The topological polar surface area (TPSA) is 64.4 Å². The molecule has 1 saturated heterocycles. The minimum Gasteiger partial charge on any atom is -0.375 e. The van der Waals surface area contributed by atoms with Crippen molar-refractivity contribution < 1.29 is 9.53 Å². The number of hydrogen-bond acceptors (Lipinski definition) is 3. The van der Waals surface area contributed by atoms with Gasteiger partial charge in [-0.25, -0.2) is 0 Å². The number of nitrogens with two attached hydrogens (primary N) is 1. The Morgan fingerprint density at radius 2 is 2.00 bits per heavy atom. The number of amides is 1. The van der Waals surface area contributed by atoms with Gasteiger partial charge in [0.1, 0.15) is 0 Å². The van der Waals surface area contributed by atoms with E-state index >= 15 is 0 Å². The summed E-state index contributed by atoms with van der Waals surface area (Å²) >= 11 is 0. The van der Waals surface area contributed by atoms with Crippen LogP contribution in [0, 0.1) is 5.41 Å². The maximum atomic E-state index is 12.6. The van der Waals surface area contributed by atoms with Gasteiger partial charge in [0.15, 0.2) is 0 Å². The van der Waals surface area contributed by atoms with E-state index in [0.29, 0.717) is 6.54 Å². The van der Waals surface area contributed by atoms with Gasteiger partial charge in [0.05, 0.1) is 11.0 Å². The van der Waals surface area contributed by atoms with Crippen molar-refractivity contribution in [1.29, 1.82) is 0 Å². The lowest BCUT2D eigenvalue weighted by molar-refractivity contribution is -0.135. The summed E-state index contributed by atoms with van der Waals surface area (Å²) in [5.41, 5.74) is 5.48. The molecule has 1 atom stereocenters. The van der Waals surface area contributed by atoms with E-state index in [4.69, 9.17) is 10.5 Å². The van der Waals surface area contributed by atoms with Crippen molar-refractivity contribution in [3.8, 4) is 0 Å². The van der Waals surface area contributed by atoms with E-state index in [1.165, 1.54) is 6.42 Å². The van der Waals surface area contributed by atoms with E-state index in [9.17, 15) is 4.79 Å². The van der Waals surface area contributed by atoms with Crippen LogP contribution in [0.5, 0.6) is 0 Å². The molecule has 1 amide bonds. The van der Waals surface area contributed by atoms with E-state index in [1.807, 2.05) is 0 Å². The number of ether oxygens (including phenoxy) is 1. The highest BCUT2D eigenvalue weighted by molar-refractivity contribution is 5.83. The number of carbonyl (C=O) groups is 1. The Kier molecular flexibility index (Phi) is 4.51. The molecule has 1 aliphatic carbocycles. The van der Waals surface area contributed by atoms with Crippen LogP contribution in [0.2, 0.25) is 0 Å². The van der Waals surface area contributed by atoms with Crippen LogP contribution in [0.15, 0.2) is 0 Å². The van der Waals surface area contributed by atoms with Gasteiger partial charge >= 0.3 is 0 Å². The number of rotatable bonds is 3. The lowest BCUT2D eigenvalue weighted by atomic mass is 9.73. The molecule has 4 heteroatoms. The molecule has 4 nitrogen and oxygen atoms in total. The van der Waals surface area contributed by atoms with Crippen molar-refractivity contribution in [2.75, 3.05) is 13.2 Å². The Hall–Kier alpha value is -0.610. The zero-order valence-corrected chi connectivity index (χ0v) is 12.3. The van der Waals surface area contributed by atoms with E-state index in [2.05, 4.69) is 19.2 Å². The van der Waals surface area contributed by atoms with Gasteiger partial charge < -0.3 is 15.8 Å². The first-order valence-electron chi connectivity index (χ1n) is 7.62. The Labute approximate surface area is 116 Å². The van der Waals surface area contributed by atoms with Crippen molar-refractivity contribution in [2.45, 2.75) is 70.4 Å². The molecule has 0 aromatic rings. The molecule has 1 aliphatic heterocycles. The monoisotopic (exact) mass is 268 g/mol. The second-order valence-corrected chi connectivity index (χ2v) is 6.82. The Bertz CT molecular complexity index is 322. The molecular formula is C15H28N2O2. The van der Waals surface area contributed by atoms with Crippen molar-refractivity contribution >= 4 is 5.91 Å². The van der Waals surface area contributed by atoms with Gasteiger partial charge in [-0.1, -0.05) is 19.3 Å². The average Bonchev–Trinajstić information content (AvgIpc) is 2.38. The van der Waals surface area contributed by atoms with Crippen molar-refractivity contribution in [1.82, 2.24) is 5.32 Å². The summed E-state index contributed by atoms with van der Waals surface area (Å²) in [5.74, 6) is 0.178. The molecule has 0 radical (unpaired) electrons. The molecule has 1 saturated carbocycles. The molecule has 0 aromatic carbocycles. The molecule has 2 aliphatic rings. The van der Waals surface area contributed by atoms with Crippen LogP contribution >= 0.6 is 0 Å². The first-order chi connectivity index (χ1) is 8.97. The summed E-state index contributed by atoms with van der Waals surface area (Å²) in [5, 5.41) is 3.24. The number of hydrogen-bond donors (Lipinski definition) is 2. The SMILES string of the molecule is CC1(C)CC(NC(=O)C2(CN)CCCCC2)CCO1. The summed E-state index contributed by atoms with van der Waals surface area (Å²) in [4.78, 5) is 12.6. The smallest absolute Gasteiger partial charge is 0.227 e. The van der Waals surface area contributed by atoms with E-state index < -0.39 is 0 Å². The molecule has 110 valence electrons. The van der Waals surface area contributed by atoms with Crippen molar-refractivity contribution in [2.24, 2.45) is 11.1 Å². The largest absolute Gasteiger partial charge is 0.375 e. The molecular weight excluding hydrogens is 240 g/mol. The van der Waals surface area contributed by atoms with E-state index in [0.717, 1.165) is 45.1 Å². The summed E-state index contributed by atoms with van der Waals surface area (Å²) in [6.45, 7) is 5.38. The fourth-order valence-corrected chi connectivity index (χ4v) is 3.45. The van der Waals surface area contributed by atoms with Gasteiger partial charge in [0.25, 0.3) is 0 Å². The third kappa shape index (κ3) is 3.48. The predicted octanol–water partition coefficient (Wildman–Crippen LogP) is 1.97. The van der Waals surface area contributed by atoms with Gasteiger partial charge in [0, 0.05) is 19.2 Å². The zero-order valence-electron chi connectivity index (χ0n) is 12.3. The van der Waals surface area contributed by atoms with Crippen LogP contribution in [-0.4, -0.2) is 30.7 Å². The standard InChI is InChI=1S/C15H28N2O2/c1-14(2)10-12(6-9-19-14)17-13(18)15(11-16)7-4-3-5-8-15/h12H,3-11,16H2,1-2H3,(H,17,18). The second-order valence-electron chi connectivity index (χ2n) is 6.82. The molecule has 2 rings (SSSR count). The highest BCUT2D eigenvalue weighted by Crippen LogP contribution is 2.36. The van der Waals surface area contributed by atoms with E-state index in [-0.39, 0.29) is 23.0 Å². The minimum atomic E-state index is -0.305. The molecule has 1 heterocycles. The number of nitrogens with one attached hydrogen (secondary N) is 1. The normalized spacial score (nSPS) is 29.7. The predicted molar refractivity (Wildman–Crippen MR) is 75.8 cm³/mol. The molecule has 19 heavy (non-hydrogen) atoms. The highest BCUT2D eigenvalue weighted by Gasteiger charge is 2.40. The maximum Gasteiger partial charge on any atom is 0.227 e. The highest BCUT2D eigenvalue weighted by atomic mass is 16.5. The third-order valence-corrected chi connectivity index (χ3v) is 4.72.